The molecule has 108 valence electrons. The summed E-state index contributed by atoms with van der Waals surface area (Å²) in [5, 5.41) is 0. The second-order valence-corrected chi connectivity index (χ2v) is 6.37. The molecule has 0 radical (unpaired) electrons. The average molecular weight is 276 g/mol. The van der Waals surface area contributed by atoms with Crippen molar-refractivity contribution in [2.24, 2.45) is 5.92 Å². The van der Waals surface area contributed by atoms with Gasteiger partial charge in [-0.25, -0.2) is 0 Å². The molecule has 0 heterocycles. The molecular weight excluding hydrogens is 252 g/mol. The first-order valence-electron chi connectivity index (χ1n) is 8.10. The molecule has 0 saturated heterocycles. The highest BCUT2D eigenvalue weighted by Crippen LogP contribution is 2.36. The van der Waals surface area contributed by atoms with Gasteiger partial charge in [-0.15, -0.1) is 0 Å². The zero-order chi connectivity index (χ0) is 14.8. The maximum atomic E-state index is 2.38. The SMILES string of the molecule is CCCc1ccc(-c2cccc3c2CC(C(C)C)=C3)cc1. The van der Waals surface area contributed by atoms with Crippen LogP contribution >= 0.6 is 0 Å². The fourth-order valence-electron chi connectivity index (χ4n) is 3.17. The Labute approximate surface area is 128 Å². The molecule has 0 unspecified atom stereocenters. The Balaban J connectivity index is 1.94. The van der Waals surface area contributed by atoms with E-state index in [0.717, 1.165) is 6.42 Å². The quantitative estimate of drug-likeness (QED) is 0.652. The highest BCUT2D eigenvalue weighted by molar-refractivity contribution is 5.77. The largest absolute Gasteiger partial charge is 0.0651 e. The summed E-state index contributed by atoms with van der Waals surface area (Å²) < 4.78 is 0. The number of aryl methyl sites for hydroxylation is 1. The molecule has 0 bridgehead atoms. The standard InChI is InChI=1S/C21H24/c1-4-6-16-9-11-17(12-10-16)20-8-5-7-18-13-19(15(2)3)14-21(18)20/h5,7-13,15H,4,6,14H2,1-3H3. The van der Waals surface area contributed by atoms with E-state index in [2.05, 4.69) is 69.3 Å². The second kappa shape index (κ2) is 5.89. The molecule has 0 heteroatoms. The molecule has 2 aromatic carbocycles. The van der Waals surface area contributed by atoms with E-state index in [9.17, 15) is 0 Å². The van der Waals surface area contributed by atoms with Crippen LogP contribution in [0.5, 0.6) is 0 Å². The van der Waals surface area contributed by atoms with Crippen LogP contribution in [-0.2, 0) is 12.8 Å². The molecule has 0 saturated carbocycles. The fraction of sp³-hybridized carbons (Fsp3) is 0.333. The molecule has 0 fully saturated rings. The van der Waals surface area contributed by atoms with Gasteiger partial charge in [-0.05, 0) is 46.6 Å². The summed E-state index contributed by atoms with van der Waals surface area (Å²) >= 11 is 0. The van der Waals surface area contributed by atoms with Gasteiger partial charge < -0.3 is 0 Å². The predicted molar refractivity (Wildman–Crippen MR) is 92.4 cm³/mol. The summed E-state index contributed by atoms with van der Waals surface area (Å²) in [6.07, 6.45) is 5.88. The molecule has 1 aliphatic carbocycles. The third-order valence-corrected chi connectivity index (χ3v) is 4.48. The lowest BCUT2D eigenvalue weighted by molar-refractivity contribution is 0.755. The van der Waals surface area contributed by atoms with Crippen molar-refractivity contribution in [2.75, 3.05) is 0 Å². The Morgan fingerprint density at radius 3 is 2.43 bits per heavy atom. The van der Waals surface area contributed by atoms with Gasteiger partial charge >= 0.3 is 0 Å². The van der Waals surface area contributed by atoms with Crippen molar-refractivity contribution in [2.45, 2.75) is 40.0 Å². The van der Waals surface area contributed by atoms with Crippen LogP contribution in [0, 0.1) is 5.92 Å². The minimum atomic E-state index is 0.636. The average Bonchev–Trinajstić information content (AvgIpc) is 2.93. The van der Waals surface area contributed by atoms with Gasteiger partial charge in [0.25, 0.3) is 0 Å². The van der Waals surface area contributed by atoms with Gasteiger partial charge in [0.05, 0.1) is 0 Å². The number of benzene rings is 2. The van der Waals surface area contributed by atoms with Crippen molar-refractivity contribution < 1.29 is 0 Å². The summed E-state index contributed by atoms with van der Waals surface area (Å²) in [5.41, 5.74) is 8.67. The van der Waals surface area contributed by atoms with Crippen molar-refractivity contribution >= 4 is 6.08 Å². The first kappa shape index (κ1) is 14.1. The molecule has 3 rings (SSSR count). The van der Waals surface area contributed by atoms with E-state index >= 15 is 0 Å². The fourth-order valence-corrected chi connectivity index (χ4v) is 3.17. The topological polar surface area (TPSA) is 0 Å². The molecule has 21 heavy (non-hydrogen) atoms. The van der Waals surface area contributed by atoms with Crippen LogP contribution in [0.2, 0.25) is 0 Å². The van der Waals surface area contributed by atoms with Crippen LogP contribution in [-0.4, -0.2) is 0 Å². The van der Waals surface area contributed by atoms with Crippen molar-refractivity contribution in [3.63, 3.8) is 0 Å². The monoisotopic (exact) mass is 276 g/mol. The van der Waals surface area contributed by atoms with Gasteiger partial charge in [0.15, 0.2) is 0 Å². The third kappa shape index (κ3) is 2.81. The molecule has 0 atom stereocenters. The molecular formula is C21H24. The van der Waals surface area contributed by atoms with E-state index in [-0.39, 0.29) is 0 Å². The minimum absolute atomic E-state index is 0.636. The number of hydrogen-bond acceptors (Lipinski definition) is 0. The Hall–Kier alpha value is -1.82. The normalized spacial score (nSPS) is 13.4. The van der Waals surface area contributed by atoms with Crippen molar-refractivity contribution in [1.82, 2.24) is 0 Å². The van der Waals surface area contributed by atoms with Crippen LogP contribution in [0.3, 0.4) is 0 Å². The summed E-state index contributed by atoms with van der Waals surface area (Å²) in [7, 11) is 0. The number of rotatable bonds is 4. The number of fused-ring (bicyclic) bond motifs is 1. The zero-order valence-corrected chi connectivity index (χ0v) is 13.3. The lowest BCUT2D eigenvalue weighted by Crippen LogP contribution is -1.95. The molecule has 2 aromatic rings. The third-order valence-electron chi connectivity index (χ3n) is 4.48. The lowest BCUT2D eigenvalue weighted by Gasteiger charge is -2.11. The van der Waals surface area contributed by atoms with E-state index < -0.39 is 0 Å². The van der Waals surface area contributed by atoms with Crippen LogP contribution in [0.4, 0.5) is 0 Å². The van der Waals surface area contributed by atoms with Crippen molar-refractivity contribution in [3.8, 4) is 11.1 Å². The van der Waals surface area contributed by atoms with E-state index in [1.54, 1.807) is 5.57 Å². The van der Waals surface area contributed by atoms with Gasteiger partial charge in [0.2, 0.25) is 0 Å². The number of allylic oxidation sites excluding steroid dienone is 1. The van der Waals surface area contributed by atoms with Crippen LogP contribution < -0.4 is 0 Å². The van der Waals surface area contributed by atoms with Crippen molar-refractivity contribution in [3.05, 3.63) is 64.7 Å². The molecule has 1 aliphatic rings. The first-order valence-corrected chi connectivity index (χ1v) is 8.10. The molecule has 0 amide bonds. The molecule has 0 aliphatic heterocycles. The van der Waals surface area contributed by atoms with Gasteiger partial charge in [0, 0.05) is 0 Å². The van der Waals surface area contributed by atoms with Gasteiger partial charge in [-0.1, -0.05) is 81.3 Å². The summed E-state index contributed by atoms with van der Waals surface area (Å²) in [5.74, 6) is 0.636. The Kier molecular flexibility index (Phi) is 3.96. The van der Waals surface area contributed by atoms with Crippen LogP contribution in [0.25, 0.3) is 17.2 Å². The van der Waals surface area contributed by atoms with Crippen molar-refractivity contribution in [1.29, 1.82) is 0 Å². The summed E-state index contributed by atoms with van der Waals surface area (Å²) in [6, 6.07) is 15.8. The predicted octanol–water partition coefficient (Wildman–Crippen LogP) is 5.90. The molecule has 0 spiro atoms. The van der Waals surface area contributed by atoms with Gasteiger partial charge in [-0.3, -0.25) is 0 Å². The summed E-state index contributed by atoms with van der Waals surface area (Å²) in [4.78, 5) is 0. The van der Waals surface area contributed by atoms with Crippen LogP contribution in [0.1, 0.15) is 43.9 Å². The Morgan fingerprint density at radius 1 is 1.00 bits per heavy atom. The Morgan fingerprint density at radius 2 is 1.76 bits per heavy atom. The molecule has 0 aromatic heterocycles. The minimum Gasteiger partial charge on any atom is -0.0651 e. The van der Waals surface area contributed by atoms with Gasteiger partial charge in [-0.2, -0.15) is 0 Å². The smallest absolute Gasteiger partial charge is 0.00491 e. The second-order valence-electron chi connectivity index (χ2n) is 6.37. The number of hydrogen-bond donors (Lipinski definition) is 0. The Bertz CT molecular complexity index is 657. The van der Waals surface area contributed by atoms with E-state index in [4.69, 9.17) is 0 Å². The first-order chi connectivity index (χ1) is 10.2. The zero-order valence-electron chi connectivity index (χ0n) is 13.3. The van der Waals surface area contributed by atoms with E-state index in [1.807, 2.05) is 0 Å². The highest BCUT2D eigenvalue weighted by atomic mass is 14.2. The highest BCUT2D eigenvalue weighted by Gasteiger charge is 2.18. The maximum Gasteiger partial charge on any atom is -0.00491 e. The maximum absolute atomic E-state index is 2.38. The lowest BCUT2D eigenvalue weighted by atomic mass is 9.93. The van der Waals surface area contributed by atoms with E-state index in [1.165, 1.54) is 40.7 Å². The molecule has 0 nitrogen and oxygen atoms in total. The van der Waals surface area contributed by atoms with Gasteiger partial charge in [0.1, 0.15) is 0 Å². The van der Waals surface area contributed by atoms with Crippen LogP contribution in [0.15, 0.2) is 48.0 Å². The summed E-state index contributed by atoms with van der Waals surface area (Å²) in [6.45, 7) is 6.81. The molecule has 0 N–H and O–H groups in total. The van der Waals surface area contributed by atoms with E-state index in [0.29, 0.717) is 5.92 Å².